The molecular weight excluding hydrogens is 358 g/mol. The van der Waals surface area contributed by atoms with Crippen molar-refractivity contribution in [2.24, 2.45) is 0 Å². The molecule has 1 amide bonds. The number of amides is 1. The summed E-state index contributed by atoms with van der Waals surface area (Å²) in [4.78, 5) is 11.2. The van der Waals surface area contributed by atoms with E-state index in [2.05, 4.69) is 5.32 Å². The van der Waals surface area contributed by atoms with Crippen LogP contribution in [0.2, 0.25) is 0 Å². The Morgan fingerprint density at radius 2 is 1.54 bits per heavy atom. The molecule has 0 spiro atoms. The quantitative estimate of drug-likeness (QED) is 0.226. The molecule has 8 N–H and O–H groups in total. The third kappa shape index (κ3) is 4.31. The summed E-state index contributed by atoms with van der Waals surface area (Å²) in [6.45, 7) is -0.195. The fourth-order valence-corrected chi connectivity index (χ4v) is 2.98. The fourth-order valence-electron chi connectivity index (χ4n) is 2.98. The zero-order valence-electron chi connectivity index (χ0n) is 14.0. The van der Waals surface area contributed by atoms with E-state index < -0.39 is 80.5 Å². The van der Waals surface area contributed by atoms with E-state index in [0.29, 0.717) is 0 Å². The number of carbonyl (C=O) groups excluding carboxylic acids is 1. The van der Waals surface area contributed by atoms with E-state index in [0.717, 1.165) is 6.92 Å². The van der Waals surface area contributed by atoms with Gasteiger partial charge in [-0.25, -0.2) is 0 Å². The van der Waals surface area contributed by atoms with Crippen LogP contribution in [-0.4, -0.2) is 116 Å². The third-order valence-corrected chi connectivity index (χ3v) is 4.38. The van der Waals surface area contributed by atoms with Crippen molar-refractivity contribution in [2.45, 2.75) is 68.3 Å². The predicted molar refractivity (Wildman–Crippen MR) is 80.2 cm³/mol. The van der Waals surface area contributed by atoms with E-state index in [4.69, 9.17) is 14.2 Å². The standard InChI is InChI=1S/C14H25NO11/c1-4(18)15-7-9(20)12(6(3-17)24-13(7)23)26-14-11(22)10(21)8(19)5(2-16)25-14/h5-14,16-17,19-23H,2-3H2,1H3,(H,15,18)/t5-,6-,7-,8+,9-,10+,11-,12-,13+,14+/m1/s1. The summed E-state index contributed by atoms with van der Waals surface area (Å²) < 4.78 is 15.7. The SMILES string of the molecule is CC(=O)N[C@@H]1[C@@H](O)[C@H](O[C@@H]2O[C@H](CO)[C@H](O)[C@H](O)[C@H]2O)[C@@H](CO)O[C@@H]1O. The van der Waals surface area contributed by atoms with Crippen LogP contribution in [0, 0.1) is 0 Å². The lowest BCUT2D eigenvalue weighted by atomic mass is 9.95. The van der Waals surface area contributed by atoms with Crippen molar-refractivity contribution in [1.29, 1.82) is 0 Å². The van der Waals surface area contributed by atoms with Crippen molar-refractivity contribution >= 4 is 5.91 Å². The van der Waals surface area contributed by atoms with Gasteiger partial charge in [-0.1, -0.05) is 0 Å². The number of hydrogen-bond acceptors (Lipinski definition) is 11. The molecule has 0 aromatic heterocycles. The zero-order chi connectivity index (χ0) is 19.6. The average Bonchev–Trinajstić information content (AvgIpc) is 2.60. The zero-order valence-corrected chi connectivity index (χ0v) is 14.0. The normalized spacial score (nSPS) is 46.8. The first-order valence-electron chi connectivity index (χ1n) is 8.06. The van der Waals surface area contributed by atoms with Crippen LogP contribution < -0.4 is 5.32 Å². The highest BCUT2D eigenvalue weighted by Crippen LogP contribution is 2.28. The highest BCUT2D eigenvalue weighted by Gasteiger charge is 2.50. The first kappa shape index (κ1) is 21.4. The maximum Gasteiger partial charge on any atom is 0.217 e. The Morgan fingerprint density at radius 3 is 2.08 bits per heavy atom. The van der Waals surface area contributed by atoms with Crippen LogP contribution >= 0.6 is 0 Å². The second kappa shape index (κ2) is 8.84. The van der Waals surface area contributed by atoms with Crippen molar-refractivity contribution in [1.82, 2.24) is 5.32 Å². The van der Waals surface area contributed by atoms with Crippen LogP contribution in [0.25, 0.3) is 0 Å². The minimum Gasteiger partial charge on any atom is -0.394 e. The molecule has 2 aliphatic rings. The number of rotatable bonds is 5. The van der Waals surface area contributed by atoms with E-state index in [9.17, 15) is 40.5 Å². The van der Waals surface area contributed by atoms with E-state index in [-0.39, 0.29) is 0 Å². The third-order valence-electron chi connectivity index (χ3n) is 4.38. The van der Waals surface area contributed by atoms with Gasteiger partial charge < -0.3 is 55.3 Å². The fraction of sp³-hybridized carbons (Fsp3) is 0.929. The molecule has 0 radical (unpaired) electrons. The summed E-state index contributed by atoms with van der Waals surface area (Å²) in [6, 6.07) is -1.29. The Morgan fingerprint density at radius 1 is 0.923 bits per heavy atom. The minimum absolute atomic E-state index is 0.564. The number of aliphatic hydroxyl groups is 7. The summed E-state index contributed by atoms with van der Waals surface area (Å²) >= 11 is 0. The maximum atomic E-state index is 11.2. The molecule has 2 aliphatic heterocycles. The highest BCUT2D eigenvalue weighted by molar-refractivity contribution is 5.73. The van der Waals surface area contributed by atoms with Gasteiger partial charge in [0.2, 0.25) is 5.91 Å². The van der Waals surface area contributed by atoms with Crippen molar-refractivity contribution < 1.29 is 54.8 Å². The maximum absolute atomic E-state index is 11.2. The van der Waals surface area contributed by atoms with Crippen LogP contribution in [0.3, 0.4) is 0 Å². The van der Waals surface area contributed by atoms with Gasteiger partial charge in [0.1, 0.15) is 48.8 Å². The van der Waals surface area contributed by atoms with E-state index in [1.165, 1.54) is 0 Å². The van der Waals surface area contributed by atoms with Gasteiger partial charge in [0.25, 0.3) is 0 Å². The van der Waals surface area contributed by atoms with Gasteiger partial charge in [-0.05, 0) is 0 Å². The first-order valence-corrected chi connectivity index (χ1v) is 8.06. The largest absolute Gasteiger partial charge is 0.394 e. The van der Waals surface area contributed by atoms with Gasteiger partial charge in [-0.2, -0.15) is 0 Å². The van der Waals surface area contributed by atoms with Crippen molar-refractivity contribution in [3.63, 3.8) is 0 Å². The highest BCUT2D eigenvalue weighted by atomic mass is 16.7. The number of ether oxygens (including phenoxy) is 3. The van der Waals surface area contributed by atoms with Crippen molar-refractivity contribution in [3.8, 4) is 0 Å². The van der Waals surface area contributed by atoms with Crippen LogP contribution in [0.1, 0.15) is 6.92 Å². The van der Waals surface area contributed by atoms with E-state index in [1.54, 1.807) is 0 Å². The molecule has 10 atom stereocenters. The minimum atomic E-state index is -1.73. The molecule has 12 heteroatoms. The van der Waals surface area contributed by atoms with Gasteiger partial charge >= 0.3 is 0 Å². The van der Waals surface area contributed by atoms with Gasteiger partial charge in [0.05, 0.1) is 13.2 Å². The second-order valence-corrected chi connectivity index (χ2v) is 6.26. The Labute approximate surface area is 148 Å². The Kier molecular flexibility index (Phi) is 7.27. The van der Waals surface area contributed by atoms with Crippen LogP contribution in [0.4, 0.5) is 0 Å². The molecule has 12 nitrogen and oxygen atoms in total. The summed E-state index contributed by atoms with van der Waals surface area (Å²) in [6.07, 6.45) is -13.6. The molecule has 0 unspecified atom stereocenters. The van der Waals surface area contributed by atoms with E-state index >= 15 is 0 Å². The average molecular weight is 383 g/mol. The summed E-state index contributed by atoms with van der Waals surface area (Å²) in [7, 11) is 0. The van der Waals surface area contributed by atoms with Crippen LogP contribution in [0.15, 0.2) is 0 Å². The predicted octanol–water partition coefficient (Wildman–Crippen LogP) is -5.25. The lowest BCUT2D eigenvalue weighted by Crippen LogP contribution is -2.67. The second-order valence-electron chi connectivity index (χ2n) is 6.26. The van der Waals surface area contributed by atoms with Crippen molar-refractivity contribution in [2.75, 3.05) is 13.2 Å². The molecule has 26 heavy (non-hydrogen) atoms. The van der Waals surface area contributed by atoms with E-state index in [1.807, 2.05) is 0 Å². The van der Waals surface area contributed by atoms with Gasteiger partial charge in [0, 0.05) is 6.92 Å². The summed E-state index contributed by atoms with van der Waals surface area (Å²) in [5.41, 5.74) is 0. The number of aliphatic hydroxyl groups excluding tert-OH is 7. The molecule has 0 aromatic carbocycles. The van der Waals surface area contributed by atoms with Crippen LogP contribution in [-0.2, 0) is 19.0 Å². The Balaban J connectivity index is 2.16. The molecule has 2 saturated heterocycles. The number of carbonyl (C=O) groups is 1. The number of nitrogens with one attached hydrogen (secondary N) is 1. The van der Waals surface area contributed by atoms with Crippen LogP contribution in [0.5, 0.6) is 0 Å². The Hall–Kier alpha value is -0.930. The van der Waals surface area contributed by atoms with Gasteiger partial charge in [0.15, 0.2) is 12.6 Å². The van der Waals surface area contributed by atoms with Crippen molar-refractivity contribution in [3.05, 3.63) is 0 Å². The smallest absolute Gasteiger partial charge is 0.217 e. The molecule has 0 aliphatic carbocycles. The molecule has 2 heterocycles. The molecule has 152 valence electrons. The topological polar surface area (TPSA) is 198 Å². The molecule has 2 fully saturated rings. The molecule has 0 saturated carbocycles. The summed E-state index contributed by atoms with van der Waals surface area (Å²) in [5, 5.41) is 70.7. The molecular formula is C14H25NO11. The molecule has 2 rings (SSSR count). The lowest BCUT2D eigenvalue weighted by molar-refractivity contribution is -0.345. The summed E-state index contributed by atoms with van der Waals surface area (Å²) in [5.74, 6) is -0.564. The van der Waals surface area contributed by atoms with Gasteiger partial charge in [-0.15, -0.1) is 0 Å². The molecule has 0 aromatic rings. The monoisotopic (exact) mass is 383 g/mol. The first-order chi connectivity index (χ1) is 12.2. The van der Waals surface area contributed by atoms with Gasteiger partial charge in [-0.3, -0.25) is 4.79 Å². The lowest BCUT2D eigenvalue weighted by Gasteiger charge is -2.46. The molecule has 0 bridgehead atoms. The number of hydrogen-bond donors (Lipinski definition) is 8. The Bertz CT molecular complexity index is 478.